The van der Waals surface area contributed by atoms with Crippen LogP contribution in [0.25, 0.3) is 10.9 Å². The van der Waals surface area contributed by atoms with Crippen molar-refractivity contribution in [1.29, 1.82) is 0 Å². The summed E-state index contributed by atoms with van der Waals surface area (Å²) in [5.41, 5.74) is 1.03. The highest BCUT2D eigenvalue weighted by Crippen LogP contribution is 2.37. The van der Waals surface area contributed by atoms with Gasteiger partial charge in [-0.2, -0.15) is 4.37 Å². The molecule has 2 nitrogen and oxygen atoms in total. The molecule has 1 heterocycles. The SMILES string of the molecule is Oc1cccc(Sc2snc3ccccc23)c1. The molecule has 0 bridgehead atoms. The van der Waals surface area contributed by atoms with Crippen LogP contribution in [0.3, 0.4) is 0 Å². The monoisotopic (exact) mass is 259 g/mol. The molecular formula is C13H9NOS2. The van der Waals surface area contributed by atoms with Crippen molar-refractivity contribution >= 4 is 34.2 Å². The maximum atomic E-state index is 9.43. The van der Waals surface area contributed by atoms with E-state index in [0.29, 0.717) is 5.75 Å². The van der Waals surface area contributed by atoms with Crippen molar-refractivity contribution in [3.05, 3.63) is 48.5 Å². The number of hydrogen-bond donors (Lipinski definition) is 1. The minimum absolute atomic E-state index is 0.295. The Balaban J connectivity index is 2.00. The topological polar surface area (TPSA) is 33.1 Å². The average Bonchev–Trinajstić information content (AvgIpc) is 2.73. The van der Waals surface area contributed by atoms with Gasteiger partial charge in [-0.05, 0) is 35.8 Å². The van der Waals surface area contributed by atoms with Crippen molar-refractivity contribution in [3.8, 4) is 5.75 Å². The largest absolute Gasteiger partial charge is 0.508 e. The van der Waals surface area contributed by atoms with Crippen LogP contribution in [0.15, 0.2) is 57.6 Å². The first-order valence-electron chi connectivity index (χ1n) is 5.14. The Morgan fingerprint density at radius 3 is 2.82 bits per heavy atom. The van der Waals surface area contributed by atoms with Gasteiger partial charge in [0.05, 0.1) is 9.73 Å². The average molecular weight is 259 g/mol. The second-order valence-corrected chi connectivity index (χ2v) is 5.70. The Bertz CT molecular complexity index is 663. The number of phenols is 1. The predicted octanol–water partition coefficient (Wildman–Crippen LogP) is 4.15. The fourth-order valence-electron chi connectivity index (χ4n) is 1.59. The summed E-state index contributed by atoms with van der Waals surface area (Å²) >= 11 is 3.13. The molecule has 4 heteroatoms. The highest BCUT2D eigenvalue weighted by atomic mass is 32.2. The van der Waals surface area contributed by atoms with Gasteiger partial charge in [-0.3, -0.25) is 0 Å². The summed E-state index contributed by atoms with van der Waals surface area (Å²) in [6.45, 7) is 0. The standard InChI is InChI=1S/C13H9NOS2/c15-9-4-3-5-10(8-9)16-13-11-6-1-2-7-12(11)14-17-13/h1-8,15H. The first-order valence-corrected chi connectivity index (χ1v) is 6.73. The number of fused-ring (bicyclic) bond motifs is 1. The summed E-state index contributed by atoms with van der Waals surface area (Å²) in [7, 11) is 0. The van der Waals surface area contributed by atoms with Crippen molar-refractivity contribution in [1.82, 2.24) is 4.37 Å². The summed E-state index contributed by atoms with van der Waals surface area (Å²) in [6, 6.07) is 15.4. The second-order valence-electron chi connectivity index (χ2n) is 3.59. The van der Waals surface area contributed by atoms with Gasteiger partial charge in [-0.15, -0.1) is 0 Å². The van der Waals surface area contributed by atoms with Gasteiger partial charge < -0.3 is 5.11 Å². The highest BCUT2D eigenvalue weighted by Gasteiger charge is 2.07. The number of nitrogens with zero attached hydrogens (tertiary/aromatic N) is 1. The summed E-state index contributed by atoms with van der Waals surface area (Å²) in [5.74, 6) is 0.295. The fourth-order valence-corrected chi connectivity index (χ4v) is 3.58. The van der Waals surface area contributed by atoms with Gasteiger partial charge in [0.1, 0.15) is 5.75 Å². The molecule has 0 saturated heterocycles. The number of aromatic nitrogens is 1. The van der Waals surface area contributed by atoms with E-state index in [1.807, 2.05) is 30.3 Å². The molecule has 17 heavy (non-hydrogen) atoms. The molecule has 84 valence electrons. The summed E-state index contributed by atoms with van der Waals surface area (Å²) in [4.78, 5) is 1.03. The Hall–Kier alpha value is -1.52. The van der Waals surface area contributed by atoms with Gasteiger partial charge in [0.2, 0.25) is 0 Å². The number of aromatic hydroxyl groups is 1. The molecule has 0 amide bonds. The molecule has 0 fully saturated rings. The molecule has 0 aliphatic carbocycles. The Morgan fingerprint density at radius 1 is 1.06 bits per heavy atom. The third-order valence-electron chi connectivity index (χ3n) is 2.38. The van der Waals surface area contributed by atoms with Gasteiger partial charge >= 0.3 is 0 Å². The Kier molecular flexibility index (Phi) is 2.74. The lowest BCUT2D eigenvalue weighted by Crippen LogP contribution is -1.71. The molecular weight excluding hydrogens is 250 g/mol. The molecule has 1 aromatic heterocycles. The molecule has 3 rings (SSSR count). The van der Waals surface area contributed by atoms with E-state index in [-0.39, 0.29) is 0 Å². The van der Waals surface area contributed by atoms with Crippen molar-refractivity contribution in [2.75, 3.05) is 0 Å². The lowest BCUT2D eigenvalue weighted by molar-refractivity contribution is 0.474. The molecule has 3 aromatic rings. The van der Waals surface area contributed by atoms with Gasteiger partial charge in [-0.25, -0.2) is 0 Å². The number of benzene rings is 2. The third-order valence-corrected chi connectivity index (χ3v) is 4.42. The van der Waals surface area contributed by atoms with Crippen LogP contribution in [0.5, 0.6) is 5.75 Å². The summed E-state index contributed by atoms with van der Waals surface area (Å²) in [6.07, 6.45) is 0. The van der Waals surface area contributed by atoms with Crippen LogP contribution in [0.2, 0.25) is 0 Å². The molecule has 0 spiro atoms. The minimum Gasteiger partial charge on any atom is -0.508 e. The van der Waals surface area contributed by atoms with Crippen LogP contribution in [-0.4, -0.2) is 9.48 Å². The van der Waals surface area contributed by atoms with E-state index in [2.05, 4.69) is 10.4 Å². The van der Waals surface area contributed by atoms with Gasteiger partial charge in [0, 0.05) is 10.3 Å². The van der Waals surface area contributed by atoms with Gasteiger partial charge in [-0.1, -0.05) is 36.0 Å². The van der Waals surface area contributed by atoms with Crippen molar-refractivity contribution in [2.24, 2.45) is 0 Å². The first kappa shape index (κ1) is 10.6. The van der Waals surface area contributed by atoms with E-state index >= 15 is 0 Å². The Morgan fingerprint density at radius 2 is 1.94 bits per heavy atom. The van der Waals surface area contributed by atoms with Gasteiger partial charge in [0.25, 0.3) is 0 Å². The summed E-state index contributed by atoms with van der Waals surface area (Å²) < 4.78 is 5.55. The summed E-state index contributed by atoms with van der Waals surface area (Å²) in [5, 5.41) is 10.6. The van der Waals surface area contributed by atoms with E-state index in [0.717, 1.165) is 14.6 Å². The van der Waals surface area contributed by atoms with Crippen LogP contribution >= 0.6 is 23.3 Å². The zero-order chi connectivity index (χ0) is 11.7. The normalized spacial score (nSPS) is 10.8. The quantitative estimate of drug-likeness (QED) is 0.750. The van der Waals surface area contributed by atoms with Crippen LogP contribution in [0.1, 0.15) is 0 Å². The third kappa shape index (κ3) is 2.14. The van der Waals surface area contributed by atoms with Crippen molar-refractivity contribution < 1.29 is 5.11 Å². The Labute approximate surface area is 107 Å². The maximum absolute atomic E-state index is 9.43. The zero-order valence-corrected chi connectivity index (χ0v) is 10.5. The molecule has 0 unspecified atom stereocenters. The molecule has 0 aliphatic heterocycles. The molecule has 0 aliphatic rings. The fraction of sp³-hybridized carbons (Fsp3) is 0. The van der Waals surface area contributed by atoms with Crippen molar-refractivity contribution in [2.45, 2.75) is 9.10 Å². The highest BCUT2D eigenvalue weighted by molar-refractivity contribution is 8.01. The minimum atomic E-state index is 0.295. The van der Waals surface area contributed by atoms with E-state index in [4.69, 9.17) is 0 Å². The van der Waals surface area contributed by atoms with E-state index in [1.165, 1.54) is 16.9 Å². The molecule has 0 saturated carbocycles. The number of rotatable bonds is 2. The van der Waals surface area contributed by atoms with Crippen LogP contribution in [0.4, 0.5) is 0 Å². The van der Waals surface area contributed by atoms with E-state index < -0.39 is 0 Å². The van der Waals surface area contributed by atoms with Gasteiger partial charge in [0.15, 0.2) is 0 Å². The number of hydrogen-bond acceptors (Lipinski definition) is 4. The second kappa shape index (κ2) is 4.39. The van der Waals surface area contributed by atoms with Crippen LogP contribution in [0, 0.1) is 0 Å². The van der Waals surface area contributed by atoms with Crippen LogP contribution in [-0.2, 0) is 0 Å². The van der Waals surface area contributed by atoms with E-state index in [1.54, 1.807) is 23.9 Å². The first-order chi connectivity index (χ1) is 8.33. The van der Waals surface area contributed by atoms with Crippen molar-refractivity contribution in [3.63, 3.8) is 0 Å². The lowest BCUT2D eigenvalue weighted by atomic mass is 10.3. The maximum Gasteiger partial charge on any atom is 0.116 e. The van der Waals surface area contributed by atoms with Crippen LogP contribution < -0.4 is 0 Å². The predicted molar refractivity (Wildman–Crippen MR) is 71.8 cm³/mol. The lowest BCUT2D eigenvalue weighted by Gasteiger charge is -1.99. The smallest absolute Gasteiger partial charge is 0.116 e. The molecule has 0 radical (unpaired) electrons. The zero-order valence-electron chi connectivity index (χ0n) is 8.83. The number of phenolic OH excluding ortho intramolecular Hbond substituents is 1. The van der Waals surface area contributed by atoms with E-state index in [9.17, 15) is 5.11 Å². The molecule has 0 atom stereocenters. The molecule has 1 N–H and O–H groups in total. The molecule has 2 aromatic carbocycles.